The van der Waals surface area contributed by atoms with Crippen LogP contribution < -0.4 is 21.7 Å². The lowest BCUT2D eigenvalue weighted by atomic mass is 9.98. The molecule has 0 saturated carbocycles. The average Bonchev–Trinajstić information content (AvgIpc) is 3.60. The van der Waals surface area contributed by atoms with E-state index in [4.69, 9.17) is 10.8 Å². The molecular weight excluding hydrogens is 534 g/mol. The minimum Gasteiger partial charge on any atom is -0.481 e. The van der Waals surface area contributed by atoms with E-state index >= 15 is 0 Å². The fourth-order valence-corrected chi connectivity index (χ4v) is 4.25. The van der Waals surface area contributed by atoms with E-state index in [1.165, 1.54) is 12.5 Å². The Labute approximate surface area is 235 Å². The fourth-order valence-electron chi connectivity index (χ4n) is 4.25. The third kappa shape index (κ3) is 8.38. The van der Waals surface area contributed by atoms with E-state index in [1.54, 1.807) is 12.3 Å². The molecule has 0 aliphatic rings. The van der Waals surface area contributed by atoms with Gasteiger partial charge in [-0.1, -0.05) is 38.5 Å². The number of para-hydroxylation sites is 1. The van der Waals surface area contributed by atoms with Gasteiger partial charge in [-0.05, 0) is 17.5 Å². The van der Waals surface area contributed by atoms with Gasteiger partial charge in [0.2, 0.25) is 17.7 Å². The summed E-state index contributed by atoms with van der Waals surface area (Å²) in [5.74, 6) is -5.30. The average molecular weight is 570 g/mol. The van der Waals surface area contributed by atoms with Crippen molar-refractivity contribution in [2.75, 3.05) is 0 Å². The number of nitrogens with one attached hydrogen (secondary N) is 5. The molecule has 0 radical (unpaired) electrons. The van der Waals surface area contributed by atoms with Crippen LogP contribution in [0.3, 0.4) is 0 Å². The summed E-state index contributed by atoms with van der Waals surface area (Å²) in [7, 11) is 0. The van der Waals surface area contributed by atoms with Crippen molar-refractivity contribution in [1.82, 2.24) is 30.9 Å². The first-order chi connectivity index (χ1) is 19.5. The lowest BCUT2D eigenvalue weighted by Gasteiger charge is -2.26. The van der Waals surface area contributed by atoms with Crippen LogP contribution in [-0.2, 0) is 36.8 Å². The van der Waals surface area contributed by atoms with Crippen LogP contribution in [0.2, 0.25) is 0 Å². The third-order valence-electron chi connectivity index (χ3n) is 6.90. The summed E-state index contributed by atoms with van der Waals surface area (Å²) in [5, 5.41) is 26.8. The Morgan fingerprint density at radius 2 is 1.56 bits per heavy atom. The van der Waals surface area contributed by atoms with E-state index in [2.05, 4.69) is 30.9 Å². The Bertz CT molecular complexity index is 1370. The molecule has 1 aromatic carbocycles. The van der Waals surface area contributed by atoms with Gasteiger partial charge in [0.1, 0.15) is 18.1 Å². The molecule has 220 valence electrons. The number of fused-ring (bicyclic) bond motifs is 1. The molecule has 2 heterocycles. The maximum absolute atomic E-state index is 13.6. The zero-order chi connectivity index (χ0) is 30.1. The molecule has 14 nitrogen and oxygen atoms in total. The molecule has 5 unspecified atom stereocenters. The number of carboxylic acid groups (broad SMARTS) is 2. The molecule has 41 heavy (non-hydrogen) atoms. The van der Waals surface area contributed by atoms with Gasteiger partial charge in [-0.25, -0.2) is 9.78 Å². The predicted octanol–water partition coefficient (Wildman–Crippen LogP) is 0.0633. The minimum absolute atomic E-state index is 0.00297. The second-order valence-electron chi connectivity index (χ2n) is 9.88. The first-order valence-corrected chi connectivity index (χ1v) is 13.1. The van der Waals surface area contributed by atoms with Crippen molar-refractivity contribution in [2.45, 2.75) is 63.7 Å². The molecule has 14 heteroatoms. The number of carbonyl (C=O) groups excluding carboxylic acids is 3. The number of nitrogens with zero attached hydrogens (tertiary/aromatic N) is 1. The predicted molar refractivity (Wildman–Crippen MR) is 147 cm³/mol. The van der Waals surface area contributed by atoms with E-state index in [9.17, 15) is 29.1 Å². The molecule has 0 bridgehead atoms. The van der Waals surface area contributed by atoms with Gasteiger partial charge >= 0.3 is 11.9 Å². The van der Waals surface area contributed by atoms with Crippen LogP contribution in [0.5, 0.6) is 0 Å². The van der Waals surface area contributed by atoms with Crippen molar-refractivity contribution in [3.05, 3.63) is 54.2 Å². The highest BCUT2D eigenvalue weighted by molar-refractivity contribution is 5.95. The van der Waals surface area contributed by atoms with Gasteiger partial charge in [0.25, 0.3) is 0 Å². The van der Waals surface area contributed by atoms with Crippen molar-refractivity contribution >= 4 is 40.6 Å². The van der Waals surface area contributed by atoms with Gasteiger partial charge in [-0.3, -0.25) is 19.2 Å². The molecule has 3 amide bonds. The topological polar surface area (TPSA) is 232 Å². The van der Waals surface area contributed by atoms with E-state index in [0.29, 0.717) is 17.7 Å². The maximum Gasteiger partial charge on any atom is 0.326 e. The summed E-state index contributed by atoms with van der Waals surface area (Å²) in [4.78, 5) is 72.4. The van der Waals surface area contributed by atoms with E-state index < -0.39 is 60.2 Å². The number of aliphatic carboxylic acids is 2. The van der Waals surface area contributed by atoms with Crippen LogP contribution in [-0.4, -0.2) is 79.0 Å². The highest BCUT2D eigenvalue weighted by Gasteiger charge is 2.32. The highest BCUT2D eigenvalue weighted by atomic mass is 16.4. The molecular formula is C27H35N7O7. The lowest BCUT2D eigenvalue weighted by molar-refractivity contribution is -0.147. The monoisotopic (exact) mass is 569 g/mol. The van der Waals surface area contributed by atoms with Gasteiger partial charge in [0.05, 0.1) is 18.8 Å². The van der Waals surface area contributed by atoms with Crippen LogP contribution in [0.15, 0.2) is 43.0 Å². The minimum atomic E-state index is -1.73. The van der Waals surface area contributed by atoms with Gasteiger partial charge in [-0.15, -0.1) is 0 Å². The zero-order valence-electron chi connectivity index (χ0n) is 22.7. The number of rotatable bonds is 15. The summed E-state index contributed by atoms with van der Waals surface area (Å²) >= 11 is 0. The van der Waals surface area contributed by atoms with E-state index in [-0.39, 0.29) is 18.8 Å². The Morgan fingerprint density at radius 3 is 2.17 bits per heavy atom. The van der Waals surface area contributed by atoms with Crippen LogP contribution in [0.25, 0.3) is 10.9 Å². The number of carboxylic acids is 2. The quantitative estimate of drug-likeness (QED) is 0.123. The third-order valence-corrected chi connectivity index (χ3v) is 6.90. The molecule has 9 N–H and O–H groups in total. The molecule has 3 rings (SSSR count). The number of aromatic nitrogens is 3. The molecule has 5 atom stereocenters. The molecule has 0 aliphatic heterocycles. The Kier molecular flexibility index (Phi) is 10.6. The Balaban J connectivity index is 1.89. The number of imidazole rings is 1. The molecule has 0 spiro atoms. The summed E-state index contributed by atoms with van der Waals surface area (Å²) in [6.07, 6.45) is 4.29. The first-order valence-electron chi connectivity index (χ1n) is 13.1. The van der Waals surface area contributed by atoms with Gasteiger partial charge in [0, 0.05) is 41.8 Å². The number of hydrogen-bond acceptors (Lipinski definition) is 7. The van der Waals surface area contributed by atoms with Crippen LogP contribution >= 0.6 is 0 Å². The van der Waals surface area contributed by atoms with Crippen molar-refractivity contribution in [1.29, 1.82) is 0 Å². The smallest absolute Gasteiger partial charge is 0.326 e. The second-order valence-corrected chi connectivity index (χ2v) is 9.88. The SMILES string of the molecule is CCC(C)C(N)C(=O)NC(Cc1cnc[nH]1)C(=O)NC(Cc1c[nH]c2ccccc12)C(=O)NC(CC(=O)O)C(=O)O. The number of hydrogen-bond donors (Lipinski definition) is 8. The number of nitrogens with two attached hydrogens (primary N) is 1. The first kappa shape index (κ1) is 30.8. The van der Waals surface area contributed by atoms with Gasteiger partial charge in [0.15, 0.2) is 0 Å². The molecule has 0 aliphatic carbocycles. The number of benzene rings is 1. The largest absolute Gasteiger partial charge is 0.481 e. The summed E-state index contributed by atoms with van der Waals surface area (Å²) in [6, 6.07) is 2.19. The Hall–Kier alpha value is -4.72. The maximum atomic E-state index is 13.6. The number of H-pyrrole nitrogens is 2. The normalized spacial score (nSPS) is 14.8. The van der Waals surface area contributed by atoms with Crippen molar-refractivity contribution in [2.24, 2.45) is 11.7 Å². The van der Waals surface area contributed by atoms with E-state index in [0.717, 1.165) is 10.9 Å². The summed E-state index contributed by atoms with van der Waals surface area (Å²) in [6.45, 7) is 3.70. The van der Waals surface area contributed by atoms with Gasteiger partial charge in [-0.2, -0.15) is 0 Å². The second kappa shape index (κ2) is 14.1. The molecule has 2 aromatic heterocycles. The van der Waals surface area contributed by atoms with Crippen molar-refractivity contribution in [3.63, 3.8) is 0 Å². The van der Waals surface area contributed by atoms with E-state index in [1.807, 2.05) is 32.0 Å². The molecule has 0 saturated heterocycles. The van der Waals surface area contributed by atoms with Crippen molar-refractivity contribution in [3.8, 4) is 0 Å². The fraction of sp³-hybridized carbons (Fsp3) is 0.407. The molecule has 0 fully saturated rings. The Morgan fingerprint density at radius 1 is 0.927 bits per heavy atom. The zero-order valence-corrected chi connectivity index (χ0v) is 22.7. The van der Waals surface area contributed by atoms with Crippen LogP contribution in [0.1, 0.15) is 37.9 Å². The number of aromatic amines is 2. The van der Waals surface area contributed by atoms with Gasteiger partial charge < -0.3 is 41.9 Å². The highest BCUT2D eigenvalue weighted by Crippen LogP contribution is 2.19. The standard InChI is InChI=1S/C27H35N7O7/c1-3-14(2)23(28)26(39)33-20(9-16-12-29-13-31-16)25(38)32-19(24(37)34-21(27(40)41)10-22(35)36)8-15-11-30-18-7-5-4-6-17(15)18/h4-7,11-14,19-21,23,30H,3,8-10,28H2,1-2H3,(H,29,31)(H,32,38)(H,33,39)(H,34,37)(H,35,36)(H,40,41). The van der Waals surface area contributed by atoms with Crippen LogP contribution in [0, 0.1) is 5.92 Å². The summed E-state index contributed by atoms with van der Waals surface area (Å²) < 4.78 is 0. The van der Waals surface area contributed by atoms with Crippen LogP contribution in [0.4, 0.5) is 0 Å². The summed E-state index contributed by atoms with van der Waals surface area (Å²) in [5.41, 5.74) is 8.04. The number of amides is 3. The lowest BCUT2D eigenvalue weighted by Crippen LogP contribution is -2.58. The molecule has 3 aromatic rings. The number of carbonyl (C=O) groups is 5. The van der Waals surface area contributed by atoms with Crippen molar-refractivity contribution < 1.29 is 34.2 Å².